The first-order chi connectivity index (χ1) is 14.7. The van der Waals surface area contributed by atoms with Gasteiger partial charge >= 0.3 is 0 Å². The first-order valence-corrected chi connectivity index (χ1v) is 12.1. The fraction of sp³-hybridized carbons (Fsp3) is 0.421. The van der Waals surface area contributed by atoms with Gasteiger partial charge in [-0.25, -0.2) is 22.2 Å². The van der Waals surface area contributed by atoms with Crippen LogP contribution >= 0.6 is 11.3 Å². The van der Waals surface area contributed by atoms with Crippen molar-refractivity contribution in [1.82, 2.24) is 14.2 Å². The quantitative estimate of drug-likeness (QED) is 0.663. The zero-order valence-electron chi connectivity index (χ0n) is 16.3. The molecule has 31 heavy (non-hydrogen) atoms. The van der Waals surface area contributed by atoms with Crippen LogP contribution in [0.2, 0.25) is 0 Å². The zero-order valence-corrected chi connectivity index (χ0v) is 18.0. The molecule has 8 nitrogen and oxygen atoms in total. The molecule has 1 N–H and O–H groups in total. The first kappa shape index (κ1) is 21.8. The summed E-state index contributed by atoms with van der Waals surface area (Å²) in [6.45, 7) is -0.307. The molecule has 2 aromatic rings. The van der Waals surface area contributed by atoms with E-state index in [-0.39, 0.29) is 31.6 Å². The van der Waals surface area contributed by atoms with Crippen LogP contribution < -0.4 is 5.32 Å². The highest BCUT2D eigenvalue weighted by Gasteiger charge is 2.44. The van der Waals surface area contributed by atoms with E-state index in [0.29, 0.717) is 18.0 Å². The number of hydrogen-bond acceptors (Lipinski definition) is 6. The molecule has 2 aliphatic rings. The molecule has 1 atom stereocenters. The number of anilines is 1. The van der Waals surface area contributed by atoms with Crippen LogP contribution in [0.4, 0.5) is 13.9 Å². The van der Waals surface area contributed by atoms with E-state index in [9.17, 15) is 26.8 Å². The largest absolute Gasteiger partial charge is 0.328 e. The SMILES string of the molecule is O=C(Nc1nccs1)[C@H](Cc1cc(F)cc(F)c1)N1CCN(S(=O)(=O)C2CC2)CC1=O. The topological polar surface area (TPSA) is 99.7 Å². The van der Waals surface area contributed by atoms with Crippen molar-refractivity contribution in [2.45, 2.75) is 30.6 Å². The summed E-state index contributed by atoms with van der Waals surface area (Å²) in [5, 5.41) is 4.16. The summed E-state index contributed by atoms with van der Waals surface area (Å²) in [5.41, 5.74) is 0.206. The number of carbonyl (C=O) groups excluding carboxylic acids is 2. The number of aromatic nitrogens is 1. The lowest BCUT2D eigenvalue weighted by atomic mass is 10.0. The van der Waals surface area contributed by atoms with Gasteiger partial charge in [-0.15, -0.1) is 11.3 Å². The number of nitrogens with one attached hydrogen (secondary N) is 1. The summed E-state index contributed by atoms with van der Waals surface area (Å²) in [6, 6.07) is 1.85. The van der Waals surface area contributed by atoms with Gasteiger partial charge < -0.3 is 10.2 Å². The lowest BCUT2D eigenvalue weighted by Gasteiger charge is -2.38. The summed E-state index contributed by atoms with van der Waals surface area (Å²) in [4.78, 5) is 31.1. The molecular weight excluding hydrogens is 450 g/mol. The third kappa shape index (κ3) is 4.91. The highest BCUT2D eigenvalue weighted by molar-refractivity contribution is 7.90. The van der Waals surface area contributed by atoms with Gasteiger partial charge in [0.2, 0.25) is 21.8 Å². The second kappa shape index (κ2) is 8.60. The molecule has 1 aromatic carbocycles. The van der Waals surface area contributed by atoms with Crippen LogP contribution in [0.15, 0.2) is 29.8 Å². The van der Waals surface area contributed by atoms with Crippen LogP contribution in [-0.4, -0.2) is 65.3 Å². The molecule has 1 aromatic heterocycles. The molecule has 166 valence electrons. The van der Waals surface area contributed by atoms with Crippen LogP contribution in [0, 0.1) is 11.6 Å². The van der Waals surface area contributed by atoms with Crippen molar-refractivity contribution in [3.63, 3.8) is 0 Å². The number of halogens is 2. The maximum Gasteiger partial charge on any atom is 0.249 e. The van der Waals surface area contributed by atoms with Gasteiger partial charge in [0.1, 0.15) is 17.7 Å². The second-order valence-electron chi connectivity index (χ2n) is 7.49. The molecule has 0 radical (unpaired) electrons. The van der Waals surface area contributed by atoms with Gasteiger partial charge in [0.25, 0.3) is 0 Å². The minimum absolute atomic E-state index is 0.00145. The minimum Gasteiger partial charge on any atom is -0.328 e. The Morgan fingerprint density at radius 3 is 2.52 bits per heavy atom. The summed E-state index contributed by atoms with van der Waals surface area (Å²) in [5.74, 6) is -2.68. The number of amides is 2. The Morgan fingerprint density at radius 2 is 1.94 bits per heavy atom. The first-order valence-electron chi connectivity index (χ1n) is 9.68. The number of sulfonamides is 1. The smallest absolute Gasteiger partial charge is 0.249 e. The molecule has 1 aliphatic heterocycles. The standard InChI is InChI=1S/C19H20F2N4O4S2/c20-13-7-12(8-14(21)10-13)9-16(18(27)23-19-22-3-6-30-19)25-5-4-24(11-17(25)26)31(28,29)15-1-2-15/h3,6-8,10,15-16H,1-2,4-5,9,11H2,(H,22,23,27)/t16-/m0/s1. The van der Waals surface area contributed by atoms with Gasteiger partial charge in [0.15, 0.2) is 5.13 Å². The summed E-state index contributed by atoms with van der Waals surface area (Å²) < 4.78 is 53.4. The van der Waals surface area contributed by atoms with Crippen molar-refractivity contribution in [2.24, 2.45) is 0 Å². The predicted molar refractivity (Wildman–Crippen MR) is 110 cm³/mol. The number of benzene rings is 1. The lowest BCUT2D eigenvalue weighted by molar-refractivity contribution is -0.141. The summed E-state index contributed by atoms with van der Waals surface area (Å²) in [6.07, 6.45) is 2.54. The Morgan fingerprint density at radius 1 is 1.23 bits per heavy atom. The Kier molecular flexibility index (Phi) is 6.04. The van der Waals surface area contributed by atoms with E-state index in [1.807, 2.05) is 0 Å². The molecular formula is C19H20F2N4O4S2. The maximum atomic E-state index is 13.7. The van der Waals surface area contributed by atoms with Gasteiger partial charge in [-0.2, -0.15) is 4.31 Å². The van der Waals surface area contributed by atoms with Crippen molar-refractivity contribution in [2.75, 3.05) is 25.0 Å². The van der Waals surface area contributed by atoms with Crippen LogP contribution in [0.1, 0.15) is 18.4 Å². The van der Waals surface area contributed by atoms with Crippen molar-refractivity contribution in [3.8, 4) is 0 Å². The second-order valence-corrected chi connectivity index (χ2v) is 10.6. The maximum absolute atomic E-state index is 13.7. The normalized spacial score (nSPS) is 18.8. The highest BCUT2D eigenvalue weighted by atomic mass is 32.2. The third-order valence-corrected chi connectivity index (χ3v) is 8.25. The molecule has 0 spiro atoms. The molecule has 1 saturated heterocycles. The van der Waals surface area contributed by atoms with Gasteiger partial charge in [-0.1, -0.05) is 0 Å². The summed E-state index contributed by atoms with van der Waals surface area (Å²) in [7, 11) is -3.52. The monoisotopic (exact) mass is 470 g/mol. The van der Waals surface area contributed by atoms with Crippen LogP contribution in [0.3, 0.4) is 0 Å². The van der Waals surface area contributed by atoms with E-state index in [0.717, 1.165) is 22.5 Å². The molecule has 2 fully saturated rings. The molecule has 1 aliphatic carbocycles. The molecule has 2 amide bonds. The predicted octanol–water partition coefficient (Wildman–Crippen LogP) is 1.61. The zero-order chi connectivity index (χ0) is 22.2. The van der Waals surface area contributed by atoms with E-state index in [1.165, 1.54) is 22.4 Å². The summed E-state index contributed by atoms with van der Waals surface area (Å²) >= 11 is 1.19. The van der Waals surface area contributed by atoms with Crippen molar-refractivity contribution in [1.29, 1.82) is 0 Å². The fourth-order valence-electron chi connectivity index (χ4n) is 3.56. The van der Waals surface area contributed by atoms with Crippen LogP contribution in [0.5, 0.6) is 0 Å². The number of carbonyl (C=O) groups is 2. The average Bonchev–Trinajstić information content (AvgIpc) is 3.45. The number of nitrogens with zero attached hydrogens (tertiary/aromatic N) is 3. The lowest BCUT2D eigenvalue weighted by Crippen LogP contribution is -2.58. The van der Waals surface area contributed by atoms with E-state index in [1.54, 1.807) is 5.38 Å². The Labute approximate surface area is 181 Å². The molecule has 0 unspecified atom stereocenters. The molecule has 4 rings (SSSR count). The van der Waals surface area contributed by atoms with Gasteiger partial charge in [0, 0.05) is 37.2 Å². The van der Waals surface area contributed by atoms with Crippen LogP contribution in [0.25, 0.3) is 0 Å². The Bertz CT molecular complexity index is 1070. The number of piperazine rings is 1. The van der Waals surface area contributed by atoms with Gasteiger partial charge in [-0.3, -0.25) is 9.59 Å². The van der Waals surface area contributed by atoms with Crippen LogP contribution in [-0.2, 0) is 26.0 Å². The molecule has 1 saturated carbocycles. The Balaban J connectivity index is 1.56. The van der Waals surface area contributed by atoms with Crippen molar-refractivity contribution >= 4 is 38.3 Å². The number of hydrogen-bond donors (Lipinski definition) is 1. The molecule has 0 bridgehead atoms. The average molecular weight is 471 g/mol. The minimum atomic E-state index is -3.52. The third-order valence-electron chi connectivity index (χ3n) is 5.22. The Hall–Kier alpha value is -2.44. The van der Waals surface area contributed by atoms with Gasteiger partial charge in [-0.05, 0) is 30.5 Å². The van der Waals surface area contributed by atoms with Crippen molar-refractivity contribution in [3.05, 3.63) is 47.0 Å². The fourth-order valence-corrected chi connectivity index (χ4v) is 5.87. The molecule has 2 heterocycles. The molecule has 12 heteroatoms. The number of rotatable bonds is 7. The van der Waals surface area contributed by atoms with E-state index < -0.39 is 44.8 Å². The van der Waals surface area contributed by atoms with E-state index >= 15 is 0 Å². The van der Waals surface area contributed by atoms with E-state index in [2.05, 4.69) is 10.3 Å². The van der Waals surface area contributed by atoms with Crippen molar-refractivity contribution < 1.29 is 26.8 Å². The van der Waals surface area contributed by atoms with Gasteiger partial charge in [0.05, 0.1) is 11.8 Å². The van der Waals surface area contributed by atoms with E-state index in [4.69, 9.17) is 0 Å². The number of thiazole rings is 1. The highest BCUT2D eigenvalue weighted by Crippen LogP contribution is 2.32.